The van der Waals surface area contributed by atoms with Gasteiger partial charge >= 0.3 is 0 Å². The highest BCUT2D eigenvalue weighted by molar-refractivity contribution is 7.89. The van der Waals surface area contributed by atoms with Crippen molar-refractivity contribution in [3.63, 3.8) is 0 Å². The van der Waals surface area contributed by atoms with E-state index in [-0.39, 0.29) is 6.04 Å². The zero-order valence-electron chi connectivity index (χ0n) is 12.9. The summed E-state index contributed by atoms with van der Waals surface area (Å²) in [5.41, 5.74) is 1.01. The van der Waals surface area contributed by atoms with E-state index >= 15 is 0 Å². The van der Waals surface area contributed by atoms with Crippen molar-refractivity contribution >= 4 is 10.0 Å². The summed E-state index contributed by atoms with van der Waals surface area (Å²) in [6, 6.07) is 5.71. The molecule has 0 radical (unpaired) electrons. The molecule has 0 aliphatic carbocycles. The van der Waals surface area contributed by atoms with E-state index in [1.165, 1.54) is 6.42 Å². The third kappa shape index (κ3) is 2.25. The SMILES string of the molecule is C[C@@H]1CN2CCC[C@@H]2CN1S(=O)(=O)c1ccc2c(c1)CCO2. The Morgan fingerprint density at radius 3 is 3.00 bits per heavy atom. The fraction of sp³-hybridized carbons (Fsp3) is 0.625. The van der Waals surface area contributed by atoms with Crippen LogP contribution in [0.5, 0.6) is 5.75 Å². The van der Waals surface area contributed by atoms with Crippen molar-refractivity contribution in [2.45, 2.75) is 43.2 Å². The van der Waals surface area contributed by atoms with Gasteiger partial charge in [0.1, 0.15) is 5.75 Å². The Morgan fingerprint density at radius 1 is 1.27 bits per heavy atom. The van der Waals surface area contributed by atoms with Gasteiger partial charge in [-0.3, -0.25) is 4.90 Å². The van der Waals surface area contributed by atoms with Gasteiger partial charge < -0.3 is 4.74 Å². The summed E-state index contributed by atoms with van der Waals surface area (Å²) in [5.74, 6) is 0.826. The van der Waals surface area contributed by atoms with Gasteiger partial charge in [0.05, 0.1) is 11.5 Å². The van der Waals surface area contributed by atoms with Crippen molar-refractivity contribution in [3.05, 3.63) is 23.8 Å². The Bertz CT molecular complexity index is 689. The second-order valence-corrected chi connectivity index (χ2v) is 8.47. The predicted molar refractivity (Wildman–Crippen MR) is 83.6 cm³/mol. The molecule has 22 heavy (non-hydrogen) atoms. The summed E-state index contributed by atoms with van der Waals surface area (Å²) in [7, 11) is -3.42. The number of hydrogen-bond donors (Lipinski definition) is 0. The van der Waals surface area contributed by atoms with Crippen LogP contribution in [0.25, 0.3) is 0 Å². The van der Waals surface area contributed by atoms with Gasteiger partial charge in [0.2, 0.25) is 10.0 Å². The van der Waals surface area contributed by atoms with E-state index in [1.54, 1.807) is 22.5 Å². The second-order valence-electron chi connectivity index (χ2n) is 6.58. The topological polar surface area (TPSA) is 49.9 Å². The average molecular weight is 322 g/mol. The maximum Gasteiger partial charge on any atom is 0.243 e. The van der Waals surface area contributed by atoms with Crippen LogP contribution in [-0.4, -0.2) is 55.9 Å². The zero-order chi connectivity index (χ0) is 15.3. The molecule has 0 unspecified atom stereocenters. The smallest absolute Gasteiger partial charge is 0.243 e. The number of ether oxygens (including phenoxy) is 1. The van der Waals surface area contributed by atoms with Gasteiger partial charge in [-0.25, -0.2) is 8.42 Å². The monoisotopic (exact) mass is 322 g/mol. The maximum absolute atomic E-state index is 13.1. The molecular weight excluding hydrogens is 300 g/mol. The molecule has 1 aromatic carbocycles. The standard InChI is InChI=1S/C16H22N2O3S/c1-12-10-17-7-2-3-14(17)11-18(12)22(19,20)15-4-5-16-13(9-15)6-8-21-16/h4-5,9,12,14H,2-3,6-8,10-11H2,1H3/t12-,14-/m1/s1. The summed E-state index contributed by atoms with van der Waals surface area (Å²) < 4.78 is 33.3. The third-order valence-electron chi connectivity index (χ3n) is 5.15. The number of hydrogen-bond acceptors (Lipinski definition) is 4. The number of rotatable bonds is 2. The summed E-state index contributed by atoms with van der Waals surface area (Å²) in [5, 5.41) is 0. The lowest BCUT2D eigenvalue weighted by Crippen LogP contribution is -2.56. The fourth-order valence-corrected chi connectivity index (χ4v) is 5.66. The van der Waals surface area contributed by atoms with Crippen LogP contribution >= 0.6 is 0 Å². The highest BCUT2D eigenvalue weighted by Crippen LogP contribution is 2.32. The van der Waals surface area contributed by atoms with Crippen molar-refractivity contribution in [1.82, 2.24) is 9.21 Å². The zero-order valence-corrected chi connectivity index (χ0v) is 13.7. The largest absolute Gasteiger partial charge is 0.493 e. The minimum atomic E-state index is -3.42. The number of nitrogens with zero attached hydrogens (tertiary/aromatic N) is 2. The van der Waals surface area contributed by atoms with Gasteiger partial charge in [0.15, 0.2) is 0 Å². The molecule has 6 heteroatoms. The van der Waals surface area contributed by atoms with Gasteiger partial charge in [0, 0.05) is 31.6 Å². The van der Waals surface area contributed by atoms with Gasteiger partial charge in [-0.05, 0) is 50.1 Å². The minimum Gasteiger partial charge on any atom is -0.493 e. The second kappa shape index (κ2) is 5.22. The molecule has 0 aromatic heterocycles. The molecule has 120 valence electrons. The van der Waals surface area contributed by atoms with E-state index in [0.717, 1.165) is 37.2 Å². The number of fused-ring (bicyclic) bond motifs is 2. The lowest BCUT2D eigenvalue weighted by atomic mass is 10.1. The lowest BCUT2D eigenvalue weighted by molar-refractivity contribution is 0.117. The predicted octanol–water partition coefficient (Wildman–Crippen LogP) is 1.48. The summed E-state index contributed by atoms with van der Waals surface area (Å²) in [6.07, 6.45) is 3.09. The normalized spacial score (nSPS) is 29.1. The minimum absolute atomic E-state index is 0.0313. The molecule has 3 aliphatic heterocycles. The van der Waals surface area contributed by atoms with Crippen molar-refractivity contribution in [1.29, 1.82) is 0 Å². The molecule has 0 spiro atoms. The molecule has 4 rings (SSSR count). The maximum atomic E-state index is 13.1. The molecule has 5 nitrogen and oxygen atoms in total. The van der Waals surface area contributed by atoms with Crippen LogP contribution in [0.2, 0.25) is 0 Å². The Labute approximate surface area is 131 Å². The van der Waals surface area contributed by atoms with Crippen LogP contribution in [0, 0.1) is 0 Å². The first-order valence-electron chi connectivity index (χ1n) is 8.07. The first kappa shape index (κ1) is 14.5. The van der Waals surface area contributed by atoms with E-state index in [1.807, 2.05) is 6.92 Å². The van der Waals surface area contributed by atoms with Crippen LogP contribution in [0.15, 0.2) is 23.1 Å². The van der Waals surface area contributed by atoms with Crippen LogP contribution in [-0.2, 0) is 16.4 Å². The molecule has 0 amide bonds. The van der Waals surface area contributed by atoms with Crippen LogP contribution in [0.1, 0.15) is 25.3 Å². The highest BCUT2D eigenvalue weighted by Gasteiger charge is 2.40. The summed E-state index contributed by atoms with van der Waals surface area (Å²) >= 11 is 0. The van der Waals surface area contributed by atoms with E-state index in [9.17, 15) is 8.42 Å². The summed E-state index contributed by atoms with van der Waals surface area (Å²) in [4.78, 5) is 2.85. The van der Waals surface area contributed by atoms with Crippen LogP contribution in [0.4, 0.5) is 0 Å². The molecule has 0 N–H and O–H groups in total. The number of sulfonamides is 1. The van der Waals surface area contributed by atoms with Crippen molar-refractivity contribution in [2.75, 3.05) is 26.2 Å². The molecule has 1 aromatic rings. The third-order valence-corrected chi connectivity index (χ3v) is 7.12. The van der Waals surface area contributed by atoms with Gasteiger partial charge in [-0.15, -0.1) is 0 Å². The Hall–Kier alpha value is -1.11. The Morgan fingerprint density at radius 2 is 2.14 bits per heavy atom. The first-order valence-corrected chi connectivity index (χ1v) is 9.51. The van der Waals surface area contributed by atoms with Crippen LogP contribution < -0.4 is 4.74 Å². The molecular formula is C16H22N2O3S. The fourth-order valence-electron chi connectivity index (χ4n) is 3.95. The Balaban J connectivity index is 1.65. The number of piperazine rings is 1. The molecule has 2 atom stereocenters. The van der Waals surface area contributed by atoms with Gasteiger partial charge in [-0.2, -0.15) is 4.31 Å². The molecule has 3 heterocycles. The van der Waals surface area contributed by atoms with Crippen LogP contribution in [0.3, 0.4) is 0 Å². The van der Waals surface area contributed by atoms with Crippen molar-refractivity contribution in [3.8, 4) is 5.75 Å². The van der Waals surface area contributed by atoms with Crippen molar-refractivity contribution < 1.29 is 13.2 Å². The van der Waals surface area contributed by atoms with E-state index in [0.29, 0.717) is 24.1 Å². The molecule has 2 fully saturated rings. The van der Waals surface area contributed by atoms with E-state index in [2.05, 4.69) is 4.90 Å². The summed E-state index contributed by atoms with van der Waals surface area (Å²) in [6.45, 7) is 5.24. The molecule has 0 bridgehead atoms. The molecule has 0 saturated carbocycles. The van der Waals surface area contributed by atoms with Gasteiger partial charge in [-0.1, -0.05) is 0 Å². The van der Waals surface area contributed by atoms with Gasteiger partial charge in [0.25, 0.3) is 0 Å². The first-order chi connectivity index (χ1) is 10.6. The van der Waals surface area contributed by atoms with E-state index in [4.69, 9.17) is 4.74 Å². The number of benzene rings is 1. The lowest BCUT2D eigenvalue weighted by Gasteiger charge is -2.41. The molecule has 3 aliphatic rings. The van der Waals surface area contributed by atoms with E-state index < -0.39 is 10.0 Å². The Kier molecular flexibility index (Phi) is 3.43. The average Bonchev–Trinajstić information content (AvgIpc) is 3.13. The highest BCUT2D eigenvalue weighted by atomic mass is 32.2. The van der Waals surface area contributed by atoms with Crippen molar-refractivity contribution in [2.24, 2.45) is 0 Å². The quantitative estimate of drug-likeness (QED) is 0.827. The molecule has 2 saturated heterocycles.